The SMILES string of the molecule is NC(N)NOP(=O)(ONC(N)N)ONC(N)N. The largest absolute Gasteiger partial charge is 0.524 e. The first-order valence-corrected chi connectivity index (χ1v) is 5.67. The number of nitrogens with one attached hydrogen (secondary N) is 3. The van der Waals surface area contributed by atoms with Gasteiger partial charge in [-0.25, -0.2) is 4.57 Å². The van der Waals surface area contributed by atoms with E-state index in [0.717, 1.165) is 0 Å². The molecule has 0 bridgehead atoms. The van der Waals surface area contributed by atoms with Crippen LogP contribution in [-0.2, 0) is 18.4 Å². The van der Waals surface area contributed by atoms with Crippen molar-refractivity contribution >= 4 is 7.82 Å². The smallest absolute Gasteiger partial charge is 0.302 e. The van der Waals surface area contributed by atoms with Crippen LogP contribution in [0.3, 0.4) is 0 Å². The maximum Gasteiger partial charge on any atom is 0.524 e. The molecule has 0 aromatic carbocycles. The van der Waals surface area contributed by atoms with E-state index in [2.05, 4.69) is 13.9 Å². The van der Waals surface area contributed by atoms with Gasteiger partial charge in [-0.05, 0) is 0 Å². The van der Waals surface area contributed by atoms with Crippen molar-refractivity contribution in [1.29, 1.82) is 0 Å². The van der Waals surface area contributed by atoms with E-state index in [1.807, 2.05) is 16.4 Å². The van der Waals surface area contributed by atoms with Gasteiger partial charge >= 0.3 is 7.82 Å². The quantitative estimate of drug-likeness (QED) is 0.109. The van der Waals surface area contributed by atoms with Crippen LogP contribution in [0.5, 0.6) is 0 Å². The molecular formula is C3H18N9O4P. The number of phosphoric acid groups is 1. The van der Waals surface area contributed by atoms with Gasteiger partial charge in [-0.1, -0.05) is 0 Å². The van der Waals surface area contributed by atoms with Crippen molar-refractivity contribution in [3.63, 3.8) is 0 Å². The molecule has 0 saturated carbocycles. The number of hydrogen-bond acceptors (Lipinski definition) is 13. The average Bonchev–Trinajstić information content (AvgIpc) is 2.21. The predicted molar refractivity (Wildman–Crippen MR) is 56.8 cm³/mol. The van der Waals surface area contributed by atoms with Gasteiger partial charge < -0.3 is 34.4 Å². The van der Waals surface area contributed by atoms with Crippen LogP contribution in [0.4, 0.5) is 0 Å². The Morgan fingerprint density at radius 1 is 0.706 bits per heavy atom. The molecule has 0 aliphatic carbocycles. The standard InChI is InChI=1S/C3H18N9O4P/c4-1(5)10-14-17(13,15-11-2(6)7)16-12-3(8)9/h1-3,10-12H,4-9H2. The van der Waals surface area contributed by atoms with Crippen LogP contribution in [0.25, 0.3) is 0 Å². The van der Waals surface area contributed by atoms with Crippen molar-refractivity contribution in [2.24, 2.45) is 34.4 Å². The third-order valence-electron chi connectivity index (χ3n) is 0.902. The fourth-order valence-electron chi connectivity index (χ4n) is 0.432. The fraction of sp³-hybridized carbons (Fsp3) is 1.00. The molecule has 0 heterocycles. The van der Waals surface area contributed by atoms with Gasteiger partial charge in [0, 0.05) is 0 Å². The lowest BCUT2D eigenvalue weighted by Gasteiger charge is -2.20. The lowest BCUT2D eigenvalue weighted by atomic mass is 11.0. The Morgan fingerprint density at radius 3 is 1.12 bits per heavy atom. The molecule has 0 saturated heterocycles. The van der Waals surface area contributed by atoms with E-state index >= 15 is 0 Å². The lowest BCUT2D eigenvalue weighted by Crippen LogP contribution is -2.48. The number of nitrogens with two attached hydrogens (primary N) is 6. The van der Waals surface area contributed by atoms with Gasteiger partial charge in [0.15, 0.2) is 0 Å². The van der Waals surface area contributed by atoms with Crippen molar-refractivity contribution in [3.8, 4) is 0 Å². The van der Waals surface area contributed by atoms with E-state index in [4.69, 9.17) is 34.4 Å². The predicted octanol–water partition coefficient (Wildman–Crippen LogP) is -4.74. The molecule has 0 aliphatic rings. The zero-order valence-electron chi connectivity index (χ0n) is 8.78. The molecule has 0 amide bonds. The van der Waals surface area contributed by atoms with Crippen LogP contribution in [0.1, 0.15) is 0 Å². The molecule has 104 valence electrons. The summed E-state index contributed by atoms with van der Waals surface area (Å²) in [5, 5.41) is 0. The second-order valence-electron chi connectivity index (χ2n) is 2.65. The van der Waals surface area contributed by atoms with E-state index in [0.29, 0.717) is 0 Å². The highest BCUT2D eigenvalue weighted by molar-refractivity contribution is 7.48. The van der Waals surface area contributed by atoms with Crippen molar-refractivity contribution in [1.82, 2.24) is 16.4 Å². The van der Waals surface area contributed by atoms with Gasteiger partial charge in [0.2, 0.25) is 0 Å². The van der Waals surface area contributed by atoms with Crippen LogP contribution < -0.4 is 50.8 Å². The first-order valence-electron chi connectivity index (χ1n) is 4.21. The summed E-state index contributed by atoms with van der Waals surface area (Å²) in [6.07, 6.45) is -3.39. The Hall–Kier alpha value is -0.250. The summed E-state index contributed by atoms with van der Waals surface area (Å²) in [6, 6.07) is 0. The summed E-state index contributed by atoms with van der Waals surface area (Å²) >= 11 is 0. The Balaban J connectivity index is 4.29. The molecule has 0 rings (SSSR count). The molecule has 0 fully saturated rings. The molecule has 0 aromatic heterocycles. The summed E-state index contributed by atoms with van der Waals surface area (Å²) in [6.45, 7) is 0. The van der Waals surface area contributed by atoms with Crippen LogP contribution in [-0.4, -0.2) is 18.9 Å². The van der Waals surface area contributed by atoms with Gasteiger partial charge in [-0.2, -0.15) is 30.3 Å². The van der Waals surface area contributed by atoms with Crippen LogP contribution in [0, 0.1) is 0 Å². The highest BCUT2D eigenvalue weighted by atomic mass is 31.2. The normalized spacial score (nSPS) is 13.0. The monoisotopic (exact) mass is 275 g/mol. The minimum atomic E-state index is -4.19. The van der Waals surface area contributed by atoms with Crippen LogP contribution in [0.15, 0.2) is 0 Å². The topological polar surface area (TPSA) is 237 Å². The van der Waals surface area contributed by atoms with Crippen LogP contribution >= 0.6 is 7.82 Å². The molecule has 0 aromatic rings. The van der Waals surface area contributed by atoms with Gasteiger partial charge in [-0.15, -0.1) is 0 Å². The van der Waals surface area contributed by atoms with E-state index in [1.54, 1.807) is 0 Å². The summed E-state index contributed by atoms with van der Waals surface area (Å²) in [5.74, 6) is 0. The molecule has 0 aliphatic heterocycles. The second kappa shape index (κ2) is 7.96. The minimum absolute atomic E-state index is 1.13. The molecule has 0 spiro atoms. The lowest BCUT2D eigenvalue weighted by molar-refractivity contribution is -0.00631. The summed E-state index contributed by atoms with van der Waals surface area (Å²) in [7, 11) is -4.19. The molecule has 13 nitrogen and oxygen atoms in total. The second-order valence-corrected chi connectivity index (χ2v) is 4.09. The van der Waals surface area contributed by atoms with E-state index < -0.39 is 26.7 Å². The van der Waals surface area contributed by atoms with Gasteiger partial charge in [0.1, 0.15) is 18.9 Å². The van der Waals surface area contributed by atoms with E-state index in [9.17, 15) is 4.57 Å². The van der Waals surface area contributed by atoms with Crippen LogP contribution in [0.2, 0.25) is 0 Å². The molecule has 0 unspecified atom stereocenters. The molecular weight excluding hydrogens is 257 g/mol. The van der Waals surface area contributed by atoms with E-state index in [1.165, 1.54) is 0 Å². The molecule has 15 N–H and O–H groups in total. The zero-order valence-corrected chi connectivity index (χ0v) is 9.67. The average molecular weight is 275 g/mol. The molecule has 17 heavy (non-hydrogen) atoms. The Labute approximate surface area is 96.9 Å². The number of hydroxylamine groups is 3. The zero-order chi connectivity index (χ0) is 13.5. The summed E-state index contributed by atoms with van der Waals surface area (Å²) in [5.41, 5.74) is 36.3. The Morgan fingerprint density at radius 2 is 0.941 bits per heavy atom. The Bertz CT molecular complexity index is 210. The minimum Gasteiger partial charge on any atom is -0.302 e. The number of hydrogen-bond donors (Lipinski definition) is 9. The summed E-state index contributed by atoms with van der Waals surface area (Å²) in [4.78, 5) is 0. The molecule has 0 atom stereocenters. The van der Waals surface area contributed by atoms with Gasteiger partial charge in [0.05, 0.1) is 0 Å². The van der Waals surface area contributed by atoms with Gasteiger partial charge in [-0.3, -0.25) is 0 Å². The maximum absolute atomic E-state index is 11.7. The van der Waals surface area contributed by atoms with Crippen molar-refractivity contribution in [2.45, 2.75) is 18.9 Å². The molecule has 0 radical (unpaired) electrons. The van der Waals surface area contributed by atoms with Crippen molar-refractivity contribution in [3.05, 3.63) is 0 Å². The Kier molecular flexibility index (Phi) is 7.84. The van der Waals surface area contributed by atoms with Crippen molar-refractivity contribution < 1.29 is 18.4 Å². The number of rotatable bonds is 9. The third-order valence-corrected chi connectivity index (χ3v) is 1.89. The molecule has 14 heteroatoms. The third kappa shape index (κ3) is 9.45. The highest BCUT2D eigenvalue weighted by Gasteiger charge is 2.30. The van der Waals surface area contributed by atoms with Crippen molar-refractivity contribution in [2.75, 3.05) is 0 Å². The summed E-state index contributed by atoms with van der Waals surface area (Å²) < 4.78 is 25.1. The first-order chi connectivity index (χ1) is 7.75. The first kappa shape index (κ1) is 16.8. The van der Waals surface area contributed by atoms with E-state index in [-0.39, 0.29) is 0 Å². The fourth-order valence-corrected chi connectivity index (χ4v) is 1.30. The van der Waals surface area contributed by atoms with Gasteiger partial charge in [0.25, 0.3) is 0 Å². The highest BCUT2D eigenvalue weighted by Crippen LogP contribution is 2.46. The maximum atomic E-state index is 11.7.